The van der Waals surface area contributed by atoms with E-state index in [0.29, 0.717) is 30.8 Å². The van der Waals surface area contributed by atoms with Crippen molar-refractivity contribution in [2.24, 2.45) is 11.0 Å². The van der Waals surface area contributed by atoms with Crippen molar-refractivity contribution in [2.75, 3.05) is 18.4 Å². The average Bonchev–Trinajstić information content (AvgIpc) is 2.79. The van der Waals surface area contributed by atoms with Crippen LogP contribution < -0.4 is 10.6 Å². The molecule has 32 heavy (non-hydrogen) atoms. The van der Waals surface area contributed by atoms with E-state index in [1.807, 2.05) is 24.3 Å². The van der Waals surface area contributed by atoms with Crippen molar-refractivity contribution >= 4 is 29.1 Å². The van der Waals surface area contributed by atoms with Crippen LogP contribution in [0.2, 0.25) is 0 Å². The second-order valence-corrected chi connectivity index (χ2v) is 7.57. The van der Waals surface area contributed by atoms with E-state index in [-0.39, 0.29) is 42.6 Å². The molecule has 9 heteroatoms. The van der Waals surface area contributed by atoms with Crippen LogP contribution in [-0.2, 0) is 14.4 Å². The lowest BCUT2D eigenvalue weighted by molar-refractivity contribution is -0.136. The molecule has 3 rings (SSSR count). The molecule has 1 fully saturated rings. The number of nitrogens with zero attached hydrogens (tertiary/aromatic N) is 3. The number of rotatable bonds is 8. The fourth-order valence-electron chi connectivity index (χ4n) is 3.47. The molecule has 0 saturated heterocycles. The molecule has 2 aromatic carbocycles. The SMILES string of the molecule is [N-]=[N+]=NCCCNC(=O)c1ccc(-c2ccc(NC(=O)C3CC(=O)CC(=O)C3)cc2)cc1. The smallest absolute Gasteiger partial charge is 0.251 e. The molecule has 0 unspecified atom stereocenters. The van der Waals surface area contributed by atoms with Crippen LogP contribution >= 0.6 is 0 Å². The fourth-order valence-corrected chi connectivity index (χ4v) is 3.47. The van der Waals surface area contributed by atoms with Gasteiger partial charge in [-0.15, -0.1) is 0 Å². The van der Waals surface area contributed by atoms with Crippen molar-refractivity contribution in [2.45, 2.75) is 25.7 Å². The van der Waals surface area contributed by atoms with Gasteiger partial charge in [-0.2, -0.15) is 0 Å². The van der Waals surface area contributed by atoms with Crippen molar-refractivity contribution < 1.29 is 19.2 Å². The van der Waals surface area contributed by atoms with Crippen LogP contribution in [0.3, 0.4) is 0 Å². The number of carbonyl (C=O) groups is 4. The number of ketones is 2. The van der Waals surface area contributed by atoms with E-state index in [9.17, 15) is 19.2 Å². The molecule has 9 nitrogen and oxygen atoms in total. The van der Waals surface area contributed by atoms with Gasteiger partial charge < -0.3 is 10.6 Å². The summed E-state index contributed by atoms with van der Waals surface area (Å²) in [5.41, 5.74) is 11.2. The fraction of sp³-hybridized carbons (Fsp3) is 0.304. The predicted octanol–water partition coefficient (Wildman–Crippen LogP) is 3.66. The van der Waals surface area contributed by atoms with Gasteiger partial charge in [0.1, 0.15) is 11.6 Å². The second-order valence-electron chi connectivity index (χ2n) is 7.57. The van der Waals surface area contributed by atoms with Gasteiger partial charge in [-0.25, -0.2) is 0 Å². The molecule has 0 heterocycles. The van der Waals surface area contributed by atoms with Gasteiger partial charge in [-0.3, -0.25) is 19.2 Å². The van der Waals surface area contributed by atoms with Gasteiger partial charge in [0.2, 0.25) is 5.91 Å². The predicted molar refractivity (Wildman–Crippen MR) is 119 cm³/mol. The van der Waals surface area contributed by atoms with E-state index in [4.69, 9.17) is 5.53 Å². The molecule has 2 amide bonds. The maximum Gasteiger partial charge on any atom is 0.251 e. The molecule has 0 aromatic heterocycles. The Bertz CT molecular complexity index is 1040. The van der Waals surface area contributed by atoms with Crippen molar-refractivity contribution in [3.05, 3.63) is 64.5 Å². The minimum Gasteiger partial charge on any atom is -0.352 e. The number of anilines is 1. The molecule has 0 radical (unpaired) electrons. The number of hydrogen-bond acceptors (Lipinski definition) is 5. The third kappa shape index (κ3) is 6.26. The molecule has 2 N–H and O–H groups in total. The van der Waals surface area contributed by atoms with Gasteiger partial charge in [-0.05, 0) is 47.3 Å². The van der Waals surface area contributed by atoms with Crippen LogP contribution in [0.4, 0.5) is 5.69 Å². The van der Waals surface area contributed by atoms with Crippen molar-refractivity contribution in [1.29, 1.82) is 0 Å². The second kappa shape index (κ2) is 10.9. The van der Waals surface area contributed by atoms with Crippen LogP contribution in [0.25, 0.3) is 21.6 Å². The lowest BCUT2D eigenvalue weighted by atomic mass is 9.87. The number of amides is 2. The number of hydrogen-bond donors (Lipinski definition) is 2. The van der Waals surface area contributed by atoms with Crippen molar-refractivity contribution in [3.63, 3.8) is 0 Å². The summed E-state index contributed by atoms with van der Waals surface area (Å²) in [6, 6.07) is 14.3. The Hall–Kier alpha value is -3.97. The summed E-state index contributed by atoms with van der Waals surface area (Å²) in [7, 11) is 0. The highest BCUT2D eigenvalue weighted by Gasteiger charge is 2.30. The standard InChI is InChI=1S/C23H23N5O4/c24-28-26-11-1-10-25-22(31)17-4-2-15(3-5-17)16-6-8-19(9-7-16)27-23(32)18-12-20(29)14-21(30)13-18/h2-9,18H,1,10-14H2,(H,25,31)(H,27,32). The van der Waals surface area contributed by atoms with Crippen LogP contribution in [0, 0.1) is 5.92 Å². The number of azide groups is 1. The molecule has 0 spiro atoms. The quantitative estimate of drug-likeness (QED) is 0.215. The van der Waals surface area contributed by atoms with Crippen LogP contribution in [0.5, 0.6) is 0 Å². The highest BCUT2D eigenvalue weighted by molar-refractivity contribution is 6.07. The Balaban J connectivity index is 1.55. The Morgan fingerprint density at radius 2 is 1.56 bits per heavy atom. The summed E-state index contributed by atoms with van der Waals surface area (Å²) < 4.78 is 0. The lowest BCUT2D eigenvalue weighted by Gasteiger charge is -2.19. The molecular weight excluding hydrogens is 410 g/mol. The molecule has 164 valence electrons. The lowest BCUT2D eigenvalue weighted by Crippen LogP contribution is -2.32. The van der Waals surface area contributed by atoms with Gasteiger partial charge >= 0.3 is 0 Å². The normalized spacial score (nSPS) is 13.9. The Kier molecular flexibility index (Phi) is 7.72. The summed E-state index contributed by atoms with van der Waals surface area (Å²) in [6.07, 6.45) is 0.702. The molecule has 0 aliphatic heterocycles. The third-order valence-corrected chi connectivity index (χ3v) is 5.13. The van der Waals surface area contributed by atoms with Gasteiger partial charge in [0.25, 0.3) is 5.91 Å². The first kappa shape index (κ1) is 22.7. The zero-order valence-corrected chi connectivity index (χ0v) is 17.4. The highest BCUT2D eigenvalue weighted by Crippen LogP contribution is 2.24. The number of Topliss-reactive ketones (excluding diaryl/α,β-unsaturated/α-hetero) is 2. The minimum atomic E-state index is -0.610. The average molecular weight is 433 g/mol. The zero-order valence-electron chi connectivity index (χ0n) is 17.4. The van der Waals surface area contributed by atoms with Crippen LogP contribution in [-0.4, -0.2) is 36.5 Å². The van der Waals surface area contributed by atoms with Crippen LogP contribution in [0.15, 0.2) is 53.6 Å². The van der Waals surface area contributed by atoms with E-state index >= 15 is 0 Å². The van der Waals surface area contributed by atoms with E-state index in [2.05, 4.69) is 20.7 Å². The molecular formula is C23H23N5O4. The van der Waals surface area contributed by atoms with Crippen LogP contribution in [0.1, 0.15) is 36.0 Å². The van der Waals surface area contributed by atoms with Crippen molar-refractivity contribution in [1.82, 2.24) is 5.32 Å². The summed E-state index contributed by atoms with van der Waals surface area (Å²) in [5, 5.41) is 8.95. The summed E-state index contributed by atoms with van der Waals surface area (Å²) in [4.78, 5) is 50.3. The zero-order chi connectivity index (χ0) is 22.9. The van der Waals surface area contributed by atoms with Gasteiger partial charge in [0.05, 0.1) is 12.3 Å². The topological polar surface area (TPSA) is 141 Å². The Morgan fingerprint density at radius 3 is 2.16 bits per heavy atom. The monoisotopic (exact) mass is 433 g/mol. The first-order chi connectivity index (χ1) is 15.5. The minimum absolute atomic E-state index is 0.0731. The molecule has 0 atom stereocenters. The summed E-state index contributed by atoms with van der Waals surface area (Å²) in [5.74, 6) is -1.52. The van der Waals surface area contributed by atoms with Gasteiger partial charge in [0.15, 0.2) is 0 Å². The largest absolute Gasteiger partial charge is 0.352 e. The van der Waals surface area contributed by atoms with E-state index in [1.54, 1.807) is 24.3 Å². The van der Waals surface area contributed by atoms with Gasteiger partial charge in [-0.1, -0.05) is 29.4 Å². The van der Waals surface area contributed by atoms with E-state index < -0.39 is 5.92 Å². The highest BCUT2D eigenvalue weighted by atomic mass is 16.2. The van der Waals surface area contributed by atoms with Crippen molar-refractivity contribution in [3.8, 4) is 11.1 Å². The Morgan fingerprint density at radius 1 is 0.969 bits per heavy atom. The first-order valence-electron chi connectivity index (χ1n) is 10.3. The number of benzene rings is 2. The Labute approximate surface area is 184 Å². The summed E-state index contributed by atoms with van der Waals surface area (Å²) in [6.45, 7) is 0.763. The maximum atomic E-state index is 12.4. The maximum absolute atomic E-state index is 12.4. The third-order valence-electron chi connectivity index (χ3n) is 5.13. The molecule has 1 saturated carbocycles. The number of nitrogens with one attached hydrogen (secondary N) is 2. The summed E-state index contributed by atoms with van der Waals surface area (Å²) >= 11 is 0. The number of carbonyl (C=O) groups excluding carboxylic acids is 4. The molecule has 0 bridgehead atoms. The molecule has 1 aliphatic carbocycles. The van der Waals surface area contributed by atoms with Gasteiger partial charge in [0, 0.05) is 42.1 Å². The molecule has 2 aromatic rings. The van der Waals surface area contributed by atoms with E-state index in [0.717, 1.165) is 11.1 Å². The first-order valence-corrected chi connectivity index (χ1v) is 10.3. The molecule has 1 aliphatic rings. The van der Waals surface area contributed by atoms with E-state index in [1.165, 1.54) is 0 Å².